The van der Waals surface area contributed by atoms with E-state index in [0.717, 1.165) is 6.54 Å². The van der Waals surface area contributed by atoms with Crippen molar-refractivity contribution < 1.29 is 0 Å². The molecular formula is C9H20N2. The van der Waals surface area contributed by atoms with Crippen molar-refractivity contribution in [1.82, 2.24) is 4.90 Å². The largest absolute Gasteiger partial charge is 0.330 e. The molecule has 0 atom stereocenters. The number of hydrogen-bond donors (Lipinski definition) is 1. The molecule has 0 aromatic rings. The van der Waals surface area contributed by atoms with E-state index < -0.39 is 0 Å². The van der Waals surface area contributed by atoms with E-state index in [1.165, 1.54) is 32.1 Å². The van der Waals surface area contributed by atoms with Crippen LogP contribution < -0.4 is 5.73 Å². The first-order chi connectivity index (χ1) is 5.21. The van der Waals surface area contributed by atoms with Gasteiger partial charge in [-0.25, -0.2) is 0 Å². The van der Waals surface area contributed by atoms with Gasteiger partial charge in [0, 0.05) is 5.54 Å². The number of nitrogens with two attached hydrogens (primary N) is 1. The first kappa shape index (κ1) is 9.01. The van der Waals surface area contributed by atoms with E-state index in [4.69, 9.17) is 5.73 Å². The van der Waals surface area contributed by atoms with E-state index in [0.29, 0.717) is 5.54 Å². The van der Waals surface area contributed by atoms with Gasteiger partial charge >= 0.3 is 0 Å². The standard InChI is InChI=1S/C9H20N2/c1-11(2)9(7-8-10)5-3-4-6-9/h3-8,10H2,1-2H3. The van der Waals surface area contributed by atoms with E-state index in [1.54, 1.807) is 0 Å². The first-order valence-electron chi connectivity index (χ1n) is 4.59. The van der Waals surface area contributed by atoms with Crippen LogP contribution in [0.25, 0.3) is 0 Å². The van der Waals surface area contributed by atoms with Crippen molar-refractivity contribution in [3.05, 3.63) is 0 Å². The molecule has 1 aliphatic carbocycles. The highest BCUT2D eigenvalue weighted by atomic mass is 15.1. The molecule has 0 unspecified atom stereocenters. The van der Waals surface area contributed by atoms with Crippen LogP contribution in [0.4, 0.5) is 0 Å². The Morgan fingerprint density at radius 2 is 1.82 bits per heavy atom. The van der Waals surface area contributed by atoms with Crippen LogP contribution in [0.5, 0.6) is 0 Å². The van der Waals surface area contributed by atoms with Gasteiger partial charge in [0.1, 0.15) is 0 Å². The van der Waals surface area contributed by atoms with Crippen LogP contribution in [-0.2, 0) is 0 Å². The molecule has 2 heteroatoms. The van der Waals surface area contributed by atoms with Crippen molar-refractivity contribution in [2.75, 3.05) is 20.6 Å². The molecule has 1 rings (SSSR count). The average Bonchev–Trinajstić information content (AvgIpc) is 2.38. The van der Waals surface area contributed by atoms with Gasteiger partial charge in [-0.2, -0.15) is 0 Å². The fraction of sp³-hybridized carbons (Fsp3) is 1.00. The molecule has 1 saturated carbocycles. The quantitative estimate of drug-likeness (QED) is 0.665. The van der Waals surface area contributed by atoms with Crippen LogP contribution in [0, 0.1) is 0 Å². The van der Waals surface area contributed by atoms with Crippen molar-refractivity contribution in [1.29, 1.82) is 0 Å². The molecule has 0 aromatic heterocycles. The molecule has 1 fully saturated rings. The molecule has 11 heavy (non-hydrogen) atoms. The van der Waals surface area contributed by atoms with Crippen molar-refractivity contribution in [2.24, 2.45) is 5.73 Å². The SMILES string of the molecule is CN(C)C1(CCN)CCCC1. The number of rotatable bonds is 3. The van der Waals surface area contributed by atoms with E-state index in [9.17, 15) is 0 Å². The third-order valence-electron chi connectivity index (χ3n) is 3.09. The van der Waals surface area contributed by atoms with Crippen LogP contribution in [0.15, 0.2) is 0 Å². The molecule has 0 amide bonds. The minimum atomic E-state index is 0.453. The minimum absolute atomic E-state index is 0.453. The lowest BCUT2D eigenvalue weighted by atomic mass is 9.92. The summed E-state index contributed by atoms with van der Waals surface area (Å²) in [6.07, 6.45) is 6.63. The summed E-state index contributed by atoms with van der Waals surface area (Å²) in [5.41, 5.74) is 6.06. The van der Waals surface area contributed by atoms with Gasteiger partial charge in [0.15, 0.2) is 0 Å². The summed E-state index contributed by atoms with van der Waals surface area (Å²) in [7, 11) is 4.36. The lowest BCUT2D eigenvalue weighted by molar-refractivity contribution is 0.148. The fourth-order valence-electron chi connectivity index (χ4n) is 2.22. The lowest BCUT2D eigenvalue weighted by Crippen LogP contribution is -2.43. The van der Waals surface area contributed by atoms with E-state index in [1.807, 2.05) is 0 Å². The van der Waals surface area contributed by atoms with Crippen molar-refractivity contribution in [3.8, 4) is 0 Å². The zero-order chi connectivity index (χ0) is 8.32. The first-order valence-corrected chi connectivity index (χ1v) is 4.59. The maximum absolute atomic E-state index is 5.60. The summed E-state index contributed by atoms with van der Waals surface area (Å²) >= 11 is 0. The number of hydrogen-bond acceptors (Lipinski definition) is 2. The smallest absolute Gasteiger partial charge is 0.0215 e. The highest BCUT2D eigenvalue weighted by molar-refractivity contribution is 4.92. The normalized spacial score (nSPS) is 22.9. The molecule has 0 aliphatic heterocycles. The molecule has 0 radical (unpaired) electrons. The maximum Gasteiger partial charge on any atom is 0.0215 e. The Morgan fingerprint density at radius 1 is 1.27 bits per heavy atom. The van der Waals surface area contributed by atoms with Gasteiger partial charge in [-0.1, -0.05) is 12.8 Å². The fourth-order valence-corrected chi connectivity index (χ4v) is 2.22. The third-order valence-corrected chi connectivity index (χ3v) is 3.09. The highest BCUT2D eigenvalue weighted by Gasteiger charge is 2.34. The van der Waals surface area contributed by atoms with Gasteiger partial charge in [-0.15, -0.1) is 0 Å². The number of nitrogens with zero attached hydrogens (tertiary/aromatic N) is 1. The molecule has 0 saturated heterocycles. The minimum Gasteiger partial charge on any atom is -0.330 e. The second-order valence-electron chi connectivity index (χ2n) is 3.86. The van der Waals surface area contributed by atoms with Crippen LogP contribution in [0.1, 0.15) is 32.1 Å². The molecule has 2 nitrogen and oxygen atoms in total. The Balaban J connectivity index is 2.55. The predicted octanol–water partition coefficient (Wildman–Crippen LogP) is 1.21. The molecule has 0 heterocycles. The second-order valence-corrected chi connectivity index (χ2v) is 3.86. The Bertz CT molecular complexity index is 115. The summed E-state index contributed by atoms with van der Waals surface area (Å²) in [6, 6.07) is 0. The summed E-state index contributed by atoms with van der Waals surface area (Å²) in [6.45, 7) is 0.832. The highest BCUT2D eigenvalue weighted by Crippen LogP contribution is 2.35. The Hall–Kier alpha value is -0.0800. The van der Waals surface area contributed by atoms with Crippen molar-refractivity contribution >= 4 is 0 Å². The van der Waals surface area contributed by atoms with E-state index >= 15 is 0 Å². The Morgan fingerprint density at radius 3 is 2.18 bits per heavy atom. The average molecular weight is 156 g/mol. The molecule has 1 aliphatic rings. The lowest BCUT2D eigenvalue weighted by Gasteiger charge is -2.36. The molecule has 0 bridgehead atoms. The van der Waals surface area contributed by atoms with Gasteiger partial charge in [0.05, 0.1) is 0 Å². The van der Waals surface area contributed by atoms with Gasteiger partial charge in [-0.05, 0) is 39.9 Å². The molecule has 0 spiro atoms. The van der Waals surface area contributed by atoms with Crippen molar-refractivity contribution in [2.45, 2.75) is 37.6 Å². The Labute approximate surface area is 69.8 Å². The molecule has 66 valence electrons. The zero-order valence-corrected chi connectivity index (χ0v) is 7.77. The Kier molecular flexibility index (Phi) is 2.90. The summed E-state index contributed by atoms with van der Waals surface area (Å²) in [5, 5.41) is 0. The monoisotopic (exact) mass is 156 g/mol. The van der Waals surface area contributed by atoms with E-state index in [2.05, 4.69) is 19.0 Å². The maximum atomic E-state index is 5.60. The summed E-state index contributed by atoms with van der Waals surface area (Å²) in [5.74, 6) is 0. The van der Waals surface area contributed by atoms with Crippen LogP contribution in [-0.4, -0.2) is 31.1 Å². The molecular weight excluding hydrogens is 136 g/mol. The van der Waals surface area contributed by atoms with Crippen molar-refractivity contribution in [3.63, 3.8) is 0 Å². The second kappa shape index (κ2) is 3.55. The van der Waals surface area contributed by atoms with Crippen LogP contribution >= 0.6 is 0 Å². The van der Waals surface area contributed by atoms with Gasteiger partial charge < -0.3 is 10.6 Å². The summed E-state index contributed by atoms with van der Waals surface area (Å²) < 4.78 is 0. The van der Waals surface area contributed by atoms with Crippen LogP contribution in [0.3, 0.4) is 0 Å². The van der Waals surface area contributed by atoms with Crippen LogP contribution in [0.2, 0.25) is 0 Å². The van der Waals surface area contributed by atoms with E-state index in [-0.39, 0.29) is 0 Å². The molecule has 2 N–H and O–H groups in total. The predicted molar refractivity (Wildman–Crippen MR) is 48.6 cm³/mol. The topological polar surface area (TPSA) is 29.3 Å². The third kappa shape index (κ3) is 1.74. The molecule has 0 aromatic carbocycles. The zero-order valence-electron chi connectivity index (χ0n) is 7.77. The van der Waals surface area contributed by atoms with Gasteiger partial charge in [-0.3, -0.25) is 0 Å². The summed E-state index contributed by atoms with van der Waals surface area (Å²) in [4.78, 5) is 2.37. The van der Waals surface area contributed by atoms with Gasteiger partial charge in [0.25, 0.3) is 0 Å². The van der Waals surface area contributed by atoms with Gasteiger partial charge in [0.2, 0.25) is 0 Å².